The summed E-state index contributed by atoms with van der Waals surface area (Å²) in [6, 6.07) is 0.311. The fourth-order valence-electron chi connectivity index (χ4n) is 6.52. The number of hydrogen-bond acceptors (Lipinski definition) is 2. The minimum atomic E-state index is -2.50. The summed E-state index contributed by atoms with van der Waals surface area (Å²) in [6.07, 6.45) is 10.4. The van der Waals surface area contributed by atoms with E-state index in [1.165, 1.54) is 58.3 Å². The molecule has 28 heavy (non-hydrogen) atoms. The van der Waals surface area contributed by atoms with E-state index in [1.807, 2.05) is 0 Å². The van der Waals surface area contributed by atoms with Gasteiger partial charge in [-0.05, 0) is 0 Å². The van der Waals surface area contributed by atoms with Gasteiger partial charge in [0.2, 0.25) is 0 Å². The van der Waals surface area contributed by atoms with Gasteiger partial charge >= 0.3 is 180 Å². The van der Waals surface area contributed by atoms with Crippen molar-refractivity contribution in [3.8, 4) is 0 Å². The third-order valence-corrected chi connectivity index (χ3v) is 25.2. The van der Waals surface area contributed by atoms with Crippen LogP contribution in [0.1, 0.15) is 99.8 Å². The van der Waals surface area contributed by atoms with E-state index in [-0.39, 0.29) is 11.7 Å². The van der Waals surface area contributed by atoms with Gasteiger partial charge in [-0.3, -0.25) is 0 Å². The molecule has 2 aliphatic heterocycles. The van der Waals surface area contributed by atoms with Gasteiger partial charge in [0.15, 0.2) is 0 Å². The van der Waals surface area contributed by atoms with Crippen LogP contribution in [0.15, 0.2) is 0 Å². The molecule has 1 amide bonds. The Labute approximate surface area is 179 Å². The van der Waals surface area contributed by atoms with Crippen molar-refractivity contribution in [3.05, 3.63) is 0 Å². The SMILES string of the molecule is CCC[CH2][Sn]([CH2]CCC)([CH2]CCC)[C@H]1CC[C@@H]2N1C(=O)OC2(C(C)C)C(C)C. The van der Waals surface area contributed by atoms with E-state index in [0.717, 1.165) is 6.42 Å². The number of hydrogen-bond donors (Lipinski definition) is 0. The predicted octanol–water partition coefficient (Wildman–Crippen LogP) is 7.41. The number of unbranched alkanes of at least 4 members (excludes halogenated alkanes) is 3. The third-order valence-electron chi connectivity index (χ3n) is 7.98. The first kappa shape index (κ1) is 24.3. The van der Waals surface area contributed by atoms with Crippen LogP contribution in [0.2, 0.25) is 13.3 Å². The molecule has 2 rings (SSSR count). The molecular weight excluding hydrogens is 453 g/mol. The molecule has 0 aliphatic carbocycles. The molecule has 4 heteroatoms. The van der Waals surface area contributed by atoms with Crippen LogP contribution >= 0.6 is 0 Å². The molecule has 0 unspecified atom stereocenters. The Morgan fingerprint density at radius 2 is 1.39 bits per heavy atom. The zero-order valence-corrected chi connectivity index (χ0v) is 22.7. The van der Waals surface area contributed by atoms with Crippen molar-refractivity contribution >= 4 is 24.5 Å². The Hall–Kier alpha value is 0.0687. The molecule has 0 saturated carbocycles. The quantitative estimate of drug-likeness (QED) is 0.261. The molecule has 2 saturated heterocycles. The van der Waals surface area contributed by atoms with Gasteiger partial charge in [0.1, 0.15) is 0 Å². The summed E-state index contributed by atoms with van der Waals surface area (Å²) in [5.41, 5.74) is -0.288. The van der Waals surface area contributed by atoms with Crippen molar-refractivity contribution in [2.24, 2.45) is 11.8 Å². The molecule has 2 aliphatic rings. The van der Waals surface area contributed by atoms with Crippen LogP contribution < -0.4 is 0 Å². The van der Waals surface area contributed by atoms with Crippen molar-refractivity contribution in [2.75, 3.05) is 0 Å². The van der Waals surface area contributed by atoms with Gasteiger partial charge in [-0.1, -0.05) is 0 Å². The number of ether oxygens (including phenoxy) is 1. The van der Waals surface area contributed by atoms with Crippen LogP contribution in [0.25, 0.3) is 0 Å². The Kier molecular flexibility index (Phi) is 9.04. The molecule has 0 aromatic carbocycles. The topological polar surface area (TPSA) is 29.5 Å². The van der Waals surface area contributed by atoms with Crippen LogP contribution in [0.5, 0.6) is 0 Å². The monoisotopic (exact) mass is 501 g/mol. The van der Waals surface area contributed by atoms with Gasteiger partial charge in [-0.15, -0.1) is 0 Å². The van der Waals surface area contributed by atoms with Crippen LogP contribution in [-0.4, -0.2) is 45.1 Å². The maximum absolute atomic E-state index is 13.3. The van der Waals surface area contributed by atoms with Gasteiger partial charge in [0, 0.05) is 0 Å². The van der Waals surface area contributed by atoms with E-state index in [2.05, 4.69) is 53.4 Å². The van der Waals surface area contributed by atoms with E-state index < -0.39 is 18.4 Å². The zero-order chi connectivity index (χ0) is 20.9. The first-order valence-corrected chi connectivity index (χ1v) is 20.0. The summed E-state index contributed by atoms with van der Waals surface area (Å²) in [5.74, 6) is 0.744. The Morgan fingerprint density at radius 3 is 1.79 bits per heavy atom. The molecule has 0 bridgehead atoms. The minimum absolute atomic E-state index is 0.0282. The van der Waals surface area contributed by atoms with E-state index in [4.69, 9.17) is 4.74 Å². The van der Waals surface area contributed by atoms with Crippen molar-refractivity contribution in [1.29, 1.82) is 0 Å². The summed E-state index contributed by atoms with van der Waals surface area (Å²) < 4.78 is 11.3. The second-order valence-electron chi connectivity index (χ2n) is 10.2. The number of amides is 1. The van der Waals surface area contributed by atoms with Crippen molar-refractivity contribution < 1.29 is 9.53 Å². The van der Waals surface area contributed by atoms with Crippen LogP contribution in [-0.2, 0) is 4.74 Å². The number of nitrogens with zero attached hydrogens (tertiary/aromatic N) is 1. The average Bonchev–Trinajstić information content (AvgIpc) is 3.22. The first-order valence-electron chi connectivity index (χ1n) is 12.3. The van der Waals surface area contributed by atoms with Crippen LogP contribution in [0, 0.1) is 11.8 Å². The number of carbonyl (C=O) groups is 1. The predicted molar refractivity (Wildman–Crippen MR) is 122 cm³/mol. The molecule has 0 aromatic heterocycles. The van der Waals surface area contributed by atoms with Gasteiger partial charge in [-0.2, -0.15) is 0 Å². The Bertz CT molecular complexity index is 475. The van der Waals surface area contributed by atoms with Gasteiger partial charge < -0.3 is 0 Å². The molecule has 2 fully saturated rings. The molecule has 0 N–H and O–H groups in total. The van der Waals surface area contributed by atoms with E-state index in [1.54, 1.807) is 0 Å². The maximum atomic E-state index is 13.3. The van der Waals surface area contributed by atoms with Crippen molar-refractivity contribution in [1.82, 2.24) is 4.90 Å². The van der Waals surface area contributed by atoms with Crippen LogP contribution in [0.4, 0.5) is 4.79 Å². The molecule has 3 nitrogen and oxygen atoms in total. The fourth-order valence-corrected chi connectivity index (χ4v) is 25.3. The third kappa shape index (κ3) is 4.39. The molecule has 2 atom stereocenters. The zero-order valence-electron chi connectivity index (χ0n) is 19.9. The van der Waals surface area contributed by atoms with Gasteiger partial charge in [-0.25, -0.2) is 0 Å². The number of fused-ring (bicyclic) bond motifs is 1. The van der Waals surface area contributed by atoms with Crippen LogP contribution in [0.3, 0.4) is 0 Å². The van der Waals surface area contributed by atoms with E-state index in [9.17, 15) is 4.79 Å². The van der Waals surface area contributed by atoms with Gasteiger partial charge in [0.05, 0.1) is 0 Å². The second-order valence-corrected chi connectivity index (χ2v) is 24.2. The van der Waals surface area contributed by atoms with Crippen molar-refractivity contribution in [3.63, 3.8) is 0 Å². The first-order chi connectivity index (χ1) is 13.3. The summed E-state index contributed by atoms with van der Waals surface area (Å²) in [4.78, 5) is 15.6. The molecule has 0 aromatic rings. The van der Waals surface area contributed by atoms with Gasteiger partial charge in [0.25, 0.3) is 0 Å². The van der Waals surface area contributed by atoms with Crippen molar-refractivity contribution in [2.45, 2.75) is 129 Å². The summed E-state index contributed by atoms with van der Waals surface area (Å²) in [5, 5.41) is 0. The molecule has 0 radical (unpaired) electrons. The second kappa shape index (κ2) is 10.4. The number of carbonyl (C=O) groups excluding carboxylic acids is 1. The normalized spacial score (nSPS) is 24.3. The molecular formula is C24H47NO2Sn. The average molecular weight is 500 g/mol. The van der Waals surface area contributed by atoms with E-state index >= 15 is 0 Å². The Balaban J connectivity index is 2.40. The summed E-state index contributed by atoms with van der Waals surface area (Å²) >= 11 is -2.50. The summed E-state index contributed by atoms with van der Waals surface area (Å²) in [6.45, 7) is 16.0. The number of cyclic esters (lactones) is 1. The fraction of sp³-hybridized carbons (Fsp3) is 0.958. The molecule has 164 valence electrons. The Morgan fingerprint density at radius 1 is 0.929 bits per heavy atom. The molecule has 2 heterocycles. The standard InChI is InChI=1S/C12H20NO2.3C4H9.Sn/c1-8(2)12(9(3)4)10-6-5-7-13(10)11(14)15-12;3*1-3-4-2;/h7-10H,5-6H2,1-4H3;3*1,3-4H2,2H3;/t10-;;;;/m0..../s1. The van der Waals surface area contributed by atoms with E-state index in [0.29, 0.717) is 21.9 Å². The number of rotatable bonds is 12. The molecule has 0 spiro atoms. The summed E-state index contributed by atoms with van der Waals surface area (Å²) in [7, 11) is 0.